The Hall–Kier alpha value is -3.60. The zero-order valence-electron chi connectivity index (χ0n) is 17.5. The highest BCUT2D eigenvalue weighted by molar-refractivity contribution is 6.11. The number of allylic oxidation sites excluding steroid dienone is 1. The molecule has 0 bridgehead atoms. The molecule has 0 unspecified atom stereocenters. The Bertz CT molecular complexity index is 1230. The summed E-state index contributed by atoms with van der Waals surface area (Å²) in [6, 6.07) is 22.0. The molecule has 0 aromatic heterocycles. The zero-order valence-corrected chi connectivity index (χ0v) is 17.5. The van der Waals surface area contributed by atoms with Crippen LogP contribution in [-0.4, -0.2) is 18.9 Å². The first-order chi connectivity index (χ1) is 15.1. The standard InChI is InChI=1S/C26H24N2O3/c1-15-13-21-23(25(29)22(15)26(30)31-2)24(28-20-10-6-5-9-19(20)27-21)18-12-11-16-7-3-4-8-17(16)14-18/h3-12,14-15,22,24,27-28H,13H2,1-2H3/t15-,22-,24-/m1/s1. The number of Topliss-reactive ketones (excluding diaryl/α,β-unsaturated/α-hetero) is 1. The predicted molar refractivity (Wildman–Crippen MR) is 122 cm³/mol. The summed E-state index contributed by atoms with van der Waals surface area (Å²) in [6.45, 7) is 1.93. The fraction of sp³-hybridized carbons (Fsp3) is 0.231. The highest BCUT2D eigenvalue weighted by atomic mass is 16.5. The number of hydrogen-bond donors (Lipinski definition) is 2. The van der Waals surface area contributed by atoms with E-state index in [9.17, 15) is 9.59 Å². The van der Waals surface area contributed by atoms with Crippen molar-refractivity contribution in [2.24, 2.45) is 11.8 Å². The van der Waals surface area contributed by atoms with Gasteiger partial charge in [0.15, 0.2) is 5.78 Å². The number of ether oxygens (including phenoxy) is 1. The lowest BCUT2D eigenvalue weighted by Crippen LogP contribution is -2.39. The Morgan fingerprint density at radius 1 is 0.968 bits per heavy atom. The van der Waals surface area contributed by atoms with Gasteiger partial charge in [-0.1, -0.05) is 55.5 Å². The molecule has 0 radical (unpaired) electrons. The first-order valence-corrected chi connectivity index (χ1v) is 10.5. The molecule has 0 spiro atoms. The van der Waals surface area contributed by atoms with Gasteiger partial charge in [-0.05, 0) is 46.9 Å². The number of para-hydroxylation sites is 2. The lowest BCUT2D eigenvalue weighted by atomic mass is 9.74. The summed E-state index contributed by atoms with van der Waals surface area (Å²) in [5.41, 5.74) is 4.31. The van der Waals surface area contributed by atoms with Gasteiger partial charge in [0.25, 0.3) is 0 Å². The Morgan fingerprint density at radius 2 is 1.68 bits per heavy atom. The second-order valence-electron chi connectivity index (χ2n) is 8.29. The van der Waals surface area contributed by atoms with Gasteiger partial charge >= 0.3 is 5.97 Å². The number of esters is 1. The molecule has 0 amide bonds. The molecule has 3 aromatic carbocycles. The molecule has 3 aromatic rings. The van der Waals surface area contributed by atoms with Crippen LogP contribution >= 0.6 is 0 Å². The van der Waals surface area contributed by atoms with Crippen LogP contribution in [0.15, 0.2) is 78.0 Å². The summed E-state index contributed by atoms with van der Waals surface area (Å²) < 4.78 is 4.98. The number of ketones is 1. The van der Waals surface area contributed by atoms with Crippen molar-refractivity contribution in [3.05, 3.63) is 83.6 Å². The van der Waals surface area contributed by atoms with Crippen LogP contribution in [0.25, 0.3) is 10.8 Å². The number of methoxy groups -OCH3 is 1. The van der Waals surface area contributed by atoms with Crippen molar-refractivity contribution < 1.29 is 14.3 Å². The van der Waals surface area contributed by atoms with Gasteiger partial charge in [0, 0.05) is 11.3 Å². The van der Waals surface area contributed by atoms with E-state index in [1.807, 2.05) is 43.3 Å². The van der Waals surface area contributed by atoms with E-state index >= 15 is 0 Å². The fourth-order valence-electron chi connectivity index (χ4n) is 4.77. The van der Waals surface area contributed by atoms with Gasteiger partial charge in [-0.25, -0.2) is 0 Å². The third-order valence-corrected chi connectivity index (χ3v) is 6.33. The van der Waals surface area contributed by atoms with Gasteiger partial charge in [0.2, 0.25) is 0 Å². The number of fused-ring (bicyclic) bond motifs is 2. The molecule has 3 atom stereocenters. The number of carbonyl (C=O) groups is 2. The van der Waals surface area contributed by atoms with E-state index in [1.54, 1.807) is 0 Å². The van der Waals surface area contributed by atoms with Crippen molar-refractivity contribution in [3.8, 4) is 0 Å². The molecular formula is C26H24N2O3. The van der Waals surface area contributed by atoms with Crippen molar-refractivity contribution in [2.45, 2.75) is 19.4 Å². The molecule has 5 nitrogen and oxygen atoms in total. The van der Waals surface area contributed by atoms with Crippen LogP contribution < -0.4 is 10.6 Å². The van der Waals surface area contributed by atoms with E-state index < -0.39 is 11.9 Å². The minimum absolute atomic E-state index is 0.145. The molecule has 31 heavy (non-hydrogen) atoms. The average molecular weight is 412 g/mol. The normalized spacial score (nSPS) is 22.6. The molecule has 156 valence electrons. The Morgan fingerprint density at radius 3 is 2.45 bits per heavy atom. The van der Waals surface area contributed by atoms with Crippen molar-refractivity contribution >= 4 is 33.9 Å². The summed E-state index contributed by atoms with van der Waals surface area (Å²) in [7, 11) is 1.34. The maximum absolute atomic E-state index is 13.7. The molecule has 2 N–H and O–H groups in total. The number of carbonyl (C=O) groups excluding carboxylic acids is 2. The minimum atomic E-state index is -0.795. The van der Waals surface area contributed by atoms with E-state index in [4.69, 9.17) is 4.74 Å². The molecule has 2 aliphatic rings. The van der Waals surface area contributed by atoms with Crippen LogP contribution in [-0.2, 0) is 14.3 Å². The van der Waals surface area contributed by atoms with Crippen LogP contribution in [0, 0.1) is 11.8 Å². The van der Waals surface area contributed by atoms with Crippen LogP contribution in [0.2, 0.25) is 0 Å². The third-order valence-electron chi connectivity index (χ3n) is 6.33. The van der Waals surface area contributed by atoms with E-state index in [2.05, 4.69) is 41.0 Å². The van der Waals surface area contributed by atoms with Crippen molar-refractivity contribution in [3.63, 3.8) is 0 Å². The Labute approximate surface area is 181 Å². The molecule has 5 heteroatoms. The first-order valence-electron chi connectivity index (χ1n) is 10.5. The molecule has 5 rings (SSSR count). The van der Waals surface area contributed by atoms with Gasteiger partial charge in [-0.3, -0.25) is 9.59 Å². The summed E-state index contributed by atoms with van der Waals surface area (Å²) in [4.78, 5) is 26.2. The fourth-order valence-corrected chi connectivity index (χ4v) is 4.77. The molecule has 0 saturated carbocycles. The van der Waals surface area contributed by atoms with E-state index in [0.717, 1.165) is 33.4 Å². The number of anilines is 2. The summed E-state index contributed by atoms with van der Waals surface area (Å²) in [5.74, 6) is -1.58. The maximum atomic E-state index is 13.7. The Kier molecular flexibility index (Phi) is 4.74. The van der Waals surface area contributed by atoms with Crippen LogP contribution in [0.5, 0.6) is 0 Å². The van der Waals surface area contributed by atoms with Crippen LogP contribution in [0.3, 0.4) is 0 Å². The number of hydrogen-bond acceptors (Lipinski definition) is 5. The maximum Gasteiger partial charge on any atom is 0.316 e. The quantitative estimate of drug-likeness (QED) is 0.454. The second-order valence-corrected chi connectivity index (χ2v) is 8.29. The minimum Gasteiger partial charge on any atom is -0.468 e. The van der Waals surface area contributed by atoms with Crippen LogP contribution in [0.4, 0.5) is 11.4 Å². The smallest absolute Gasteiger partial charge is 0.316 e. The van der Waals surface area contributed by atoms with E-state index in [1.165, 1.54) is 7.11 Å². The van der Waals surface area contributed by atoms with Crippen molar-refractivity contribution in [1.29, 1.82) is 0 Å². The average Bonchev–Trinajstić information content (AvgIpc) is 2.95. The Balaban J connectivity index is 1.69. The van der Waals surface area contributed by atoms with Gasteiger partial charge in [-0.15, -0.1) is 0 Å². The third kappa shape index (κ3) is 3.26. The first kappa shape index (κ1) is 19.4. The van der Waals surface area contributed by atoms with E-state index in [0.29, 0.717) is 12.0 Å². The lowest BCUT2D eigenvalue weighted by molar-refractivity contribution is -0.151. The molecule has 0 fully saturated rings. The number of rotatable bonds is 2. The van der Waals surface area contributed by atoms with Gasteiger partial charge in [-0.2, -0.15) is 0 Å². The van der Waals surface area contributed by atoms with Gasteiger partial charge < -0.3 is 15.4 Å². The topological polar surface area (TPSA) is 67.4 Å². The molecule has 0 saturated heterocycles. The van der Waals surface area contributed by atoms with Gasteiger partial charge in [0.05, 0.1) is 24.5 Å². The second kappa shape index (κ2) is 7.58. The van der Waals surface area contributed by atoms with Crippen LogP contribution in [0.1, 0.15) is 24.9 Å². The van der Waals surface area contributed by atoms with Crippen molar-refractivity contribution in [2.75, 3.05) is 17.7 Å². The molecule has 1 aliphatic heterocycles. The summed E-state index contributed by atoms with van der Waals surface area (Å²) >= 11 is 0. The molecule has 1 aliphatic carbocycles. The van der Waals surface area contributed by atoms with E-state index in [-0.39, 0.29) is 17.7 Å². The highest BCUT2D eigenvalue weighted by Gasteiger charge is 2.44. The molecular weight excluding hydrogens is 388 g/mol. The lowest BCUT2D eigenvalue weighted by Gasteiger charge is -2.32. The summed E-state index contributed by atoms with van der Waals surface area (Å²) in [5, 5.41) is 9.30. The zero-order chi connectivity index (χ0) is 21.5. The summed E-state index contributed by atoms with van der Waals surface area (Å²) in [6.07, 6.45) is 0.598. The number of benzene rings is 3. The predicted octanol–water partition coefficient (Wildman–Crippen LogP) is 5.07. The molecule has 1 heterocycles. The number of nitrogens with one attached hydrogen (secondary N) is 2. The highest BCUT2D eigenvalue weighted by Crippen LogP contribution is 2.44. The van der Waals surface area contributed by atoms with Gasteiger partial charge in [0.1, 0.15) is 5.92 Å². The SMILES string of the molecule is COC(=O)[C@H]1C(=O)C2=C(C[C@H]1C)Nc1ccccc1N[C@@H]2c1ccc2ccccc2c1. The monoisotopic (exact) mass is 412 g/mol. The van der Waals surface area contributed by atoms with Crippen molar-refractivity contribution in [1.82, 2.24) is 0 Å². The largest absolute Gasteiger partial charge is 0.468 e.